The molecule has 0 unspecified atom stereocenters. The van der Waals surface area contributed by atoms with Gasteiger partial charge in [0.15, 0.2) is 6.29 Å². The van der Waals surface area contributed by atoms with Crippen LogP contribution in [0.25, 0.3) is 0 Å². The van der Waals surface area contributed by atoms with Gasteiger partial charge in [-0.05, 0) is 6.92 Å². The minimum atomic E-state index is -0.704. The molecule has 0 saturated heterocycles. The number of carbonyl (C=O) groups is 1. The van der Waals surface area contributed by atoms with Crippen LogP contribution in [0.4, 0.5) is 0 Å². The van der Waals surface area contributed by atoms with Crippen LogP contribution in [0.2, 0.25) is 0 Å². The van der Waals surface area contributed by atoms with E-state index in [1.54, 1.807) is 6.92 Å². The van der Waals surface area contributed by atoms with Crippen molar-refractivity contribution in [2.45, 2.75) is 13.2 Å². The summed E-state index contributed by atoms with van der Waals surface area (Å²) in [4.78, 5) is 10.9. The van der Waals surface area contributed by atoms with Gasteiger partial charge in [-0.1, -0.05) is 0 Å². The smallest absolute Gasteiger partial charge is 0.332 e. The third-order valence-electron chi connectivity index (χ3n) is 1.27. The summed E-state index contributed by atoms with van der Waals surface area (Å²) in [5.41, 5.74) is 5.66. The van der Waals surface area contributed by atoms with Crippen LogP contribution in [-0.4, -0.2) is 33.1 Å². The lowest BCUT2D eigenvalue weighted by Gasteiger charge is -2.12. The molecule has 0 aromatic heterocycles. The van der Waals surface area contributed by atoms with Crippen LogP contribution in [0.15, 0.2) is 11.8 Å². The third-order valence-corrected chi connectivity index (χ3v) is 1.27. The molecule has 0 aliphatic heterocycles. The van der Waals surface area contributed by atoms with E-state index in [-0.39, 0.29) is 5.70 Å². The zero-order valence-electron chi connectivity index (χ0n) is 8.07. The van der Waals surface area contributed by atoms with E-state index in [0.29, 0.717) is 6.61 Å². The summed E-state index contributed by atoms with van der Waals surface area (Å²) in [6, 6.07) is 0. The van der Waals surface area contributed by atoms with E-state index in [4.69, 9.17) is 15.2 Å². The molecule has 5 nitrogen and oxygen atoms in total. The Morgan fingerprint density at radius 3 is 2.38 bits per heavy atom. The molecule has 0 rings (SSSR count). The predicted octanol–water partition coefficient (Wildman–Crippen LogP) is 0.0110. The second kappa shape index (κ2) is 6.45. The highest BCUT2D eigenvalue weighted by Gasteiger charge is 2.10. The molecule has 0 aromatic carbocycles. The molecule has 0 radical (unpaired) electrons. The summed E-state index contributed by atoms with van der Waals surface area (Å²) in [7, 11) is 2.86. The predicted molar refractivity (Wildman–Crippen MR) is 46.7 cm³/mol. The van der Waals surface area contributed by atoms with Gasteiger partial charge in [-0.2, -0.15) is 0 Å². The Morgan fingerprint density at radius 1 is 1.46 bits per heavy atom. The van der Waals surface area contributed by atoms with Crippen molar-refractivity contribution in [1.29, 1.82) is 0 Å². The first-order valence-corrected chi connectivity index (χ1v) is 3.85. The Balaban J connectivity index is 4.20. The van der Waals surface area contributed by atoms with Crippen LogP contribution in [-0.2, 0) is 19.0 Å². The number of hydrogen-bond acceptors (Lipinski definition) is 5. The van der Waals surface area contributed by atoms with Gasteiger partial charge >= 0.3 is 5.97 Å². The fourth-order valence-corrected chi connectivity index (χ4v) is 0.756. The lowest BCUT2D eigenvalue weighted by Crippen LogP contribution is -2.23. The number of ether oxygens (including phenoxy) is 3. The van der Waals surface area contributed by atoms with Gasteiger partial charge in [0, 0.05) is 20.3 Å². The quantitative estimate of drug-likeness (QED) is 0.375. The van der Waals surface area contributed by atoms with E-state index >= 15 is 0 Å². The molecule has 0 saturated carbocycles. The standard InChI is InChI=1S/C8H15NO4/c1-4-13-7(10)5-6(9)8(11-2)12-3/h5,8H,4,9H2,1-3H3. The van der Waals surface area contributed by atoms with Crippen LogP contribution >= 0.6 is 0 Å². The van der Waals surface area contributed by atoms with Crippen molar-refractivity contribution < 1.29 is 19.0 Å². The summed E-state index contributed by atoms with van der Waals surface area (Å²) in [6.07, 6.45) is 0.436. The number of carbonyl (C=O) groups excluding carboxylic acids is 1. The molecule has 0 amide bonds. The fraction of sp³-hybridized carbons (Fsp3) is 0.625. The van der Waals surface area contributed by atoms with Crippen molar-refractivity contribution >= 4 is 5.97 Å². The van der Waals surface area contributed by atoms with E-state index < -0.39 is 12.3 Å². The molecule has 0 spiro atoms. The SMILES string of the molecule is CCOC(=O)C=C(N)C(OC)OC. The molecule has 76 valence electrons. The van der Waals surface area contributed by atoms with Crippen molar-refractivity contribution in [3.8, 4) is 0 Å². The second-order valence-electron chi connectivity index (χ2n) is 2.20. The maximum Gasteiger partial charge on any atom is 0.332 e. The largest absolute Gasteiger partial charge is 0.463 e. The number of nitrogens with two attached hydrogens (primary N) is 1. The highest BCUT2D eigenvalue weighted by Crippen LogP contribution is 2.00. The molecule has 0 atom stereocenters. The zero-order valence-corrected chi connectivity index (χ0v) is 8.07. The monoisotopic (exact) mass is 189 g/mol. The molecule has 0 heterocycles. The van der Waals surface area contributed by atoms with Gasteiger partial charge in [-0.3, -0.25) is 0 Å². The average Bonchev–Trinajstić information content (AvgIpc) is 2.06. The molecule has 0 bridgehead atoms. The number of rotatable bonds is 5. The molecule has 0 aliphatic rings. The fourth-order valence-electron chi connectivity index (χ4n) is 0.756. The van der Waals surface area contributed by atoms with E-state index in [0.717, 1.165) is 6.08 Å². The van der Waals surface area contributed by atoms with E-state index in [9.17, 15) is 4.79 Å². The molecule has 0 aromatic rings. The van der Waals surface area contributed by atoms with E-state index in [2.05, 4.69) is 4.74 Å². The highest BCUT2D eigenvalue weighted by atomic mass is 16.7. The Kier molecular flexibility index (Phi) is 5.92. The summed E-state index contributed by atoms with van der Waals surface area (Å²) in [5, 5.41) is 0. The summed E-state index contributed by atoms with van der Waals surface area (Å²) in [6.45, 7) is 2.03. The normalized spacial score (nSPS) is 11.8. The van der Waals surface area contributed by atoms with Gasteiger partial charge in [-0.15, -0.1) is 0 Å². The Hall–Kier alpha value is -1.07. The van der Waals surface area contributed by atoms with E-state index in [1.807, 2.05) is 0 Å². The number of esters is 1. The van der Waals surface area contributed by atoms with Gasteiger partial charge in [-0.25, -0.2) is 4.79 Å². The van der Waals surface area contributed by atoms with Crippen LogP contribution in [0, 0.1) is 0 Å². The van der Waals surface area contributed by atoms with Crippen LogP contribution in [0.5, 0.6) is 0 Å². The second-order valence-corrected chi connectivity index (χ2v) is 2.20. The summed E-state index contributed by atoms with van der Waals surface area (Å²) < 4.78 is 14.3. The Labute approximate surface area is 77.4 Å². The maximum atomic E-state index is 10.9. The molecular formula is C8H15NO4. The van der Waals surface area contributed by atoms with Crippen molar-refractivity contribution in [1.82, 2.24) is 0 Å². The minimum Gasteiger partial charge on any atom is -0.463 e. The minimum absolute atomic E-state index is 0.184. The summed E-state index contributed by atoms with van der Waals surface area (Å²) >= 11 is 0. The van der Waals surface area contributed by atoms with Crippen molar-refractivity contribution in [2.24, 2.45) is 5.73 Å². The van der Waals surface area contributed by atoms with Gasteiger partial charge < -0.3 is 19.9 Å². The third kappa shape index (κ3) is 4.49. The van der Waals surface area contributed by atoms with Crippen molar-refractivity contribution in [3.05, 3.63) is 11.8 Å². The molecule has 13 heavy (non-hydrogen) atoms. The molecule has 0 fully saturated rings. The van der Waals surface area contributed by atoms with Crippen molar-refractivity contribution in [3.63, 3.8) is 0 Å². The van der Waals surface area contributed by atoms with E-state index in [1.165, 1.54) is 14.2 Å². The van der Waals surface area contributed by atoms with Gasteiger partial charge in [0.05, 0.1) is 12.3 Å². The van der Waals surface area contributed by atoms with Crippen LogP contribution < -0.4 is 5.73 Å². The Bertz CT molecular complexity index is 187. The first kappa shape index (κ1) is 11.9. The molecule has 0 aliphatic carbocycles. The number of hydrogen-bond donors (Lipinski definition) is 1. The average molecular weight is 189 g/mol. The zero-order chi connectivity index (χ0) is 10.3. The lowest BCUT2D eigenvalue weighted by molar-refractivity contribution is -0.137. The summed E-state index contributed by atoms with van der Waals surface area (Å²) in [5.74, 6) is -0.501. The maximum absolute atomic E-state index is 10.9. The molecule has 2 N–H and O–H groups in total. The van der Waals surface area contributed by atoms with Gasteiger partial charge in [0.2, 0.25) is 0 Å². The van der Waals surface area contributed by atoms with Crippen LogP contribution in [0.3, 0.4) is 0 Å². The van der Waals surface area contributed by atoms with Gasteiger partial charge in [0.1, 0.15) is 0 Å². The molecular weight excluding hydrogens is 174 g/mol. The lowest BCUT2D eigenvalue weighted by atomic mass is 10.4. The first-order chi connectivity index (χ1) is 6.15. The Morgan fingerprint density at radius 2 is 2.00 bits per heavy atom. The first-order valence-electron chi connectivity index (χ1n) is 3.85. The topological polar surface area (TPSA) is 70.8 Å². The molecule has 5 heteroatoms. The number of methoxy groups -OCH3 is 2. The van der Waals surface area contributed by atoms with Gasteiger partial charge in [0.25, 0.3) is 0 Å². The van der Waals surface area contributed by atoms with Crippen molar-refractivity contribution in [2.75, 3.05) is 20.8 Å². The van der Waals surface area contributed by atoms with Crippen LogP contribution in [0.1, 0.15) is 6.92 Å². The highest BCUT2D eigenvalue weighted by molar-refractivity contribution is 5.82.